The van der Waals surface area contributed by atoms with Crippen LogP contribution < -0.4 is 20.7 Å². The summed E-state index contributed by atoms with van der Waals surface area (Å²) in [6.45, 7) is -0.311. The Labute approximate surface area is 227 Å². The van der Waals surface area contributed by atoms with Gasteiger partial charge in [0.05, 0.1) is 12.5 Å². The topological polar surface area (TPSA) is 130 Å². The Kier molecular flexibility index (Phi) is 7.40. The number of fused-ring (bicyclic) bond motifs is 2. The maximum atomic E-state index is 14.4. The molecule has 2 heterocycles. The zero-order chi connectivity index (χ0) is 26.6. The number of nitrogens with one attached hydrogen (secondary N) is 2. The zero-order valence-electron chi connectivity index (χ0n) is 20.0. The first-order valence-corrected chi connectivity index (χ1v) is 13.0. The highest BCUT2D eigenvalue weighted by Gasteiger charge is 2.41. The summed E-state index contributed by atoms with van der Waals surface area (Å²) >= 11 is 6.20. The standard InChI is InChI=1S/C27H23N5O4S2/c28-15-22(33)29-19(14-16-8-2-1-3-9-16)24(34)32(26-30-31-27(37)38-26)25(35)23-17-10-4-6-12-20(17)36-21-13-7-5-11-18(21)23/h1-13,19,23H,14-15,28H2,(H,29,33)(H,31,37)/t19-/m0/s1. The van der Waals surface area contributed by atoms with Gasteiger partial charge < -0.3 is 15.8 Å². The molecule has 0 bridgehead atoms. The molecular formula is C27H23N5O4S2. The number of nitrogens with two attached hydrogens (primary N) is 1. The van der Waals surface area contributed by atoms with E-state index in [1.807, 2.05) is 42.5 Å². The molecule has 0 aliphatic carbocycles. The summed E-state index contributed by atoms with van der Waals surface area (Å²) in [6.07, 6.45) is 0.145. The predicted molar refractivity (Wildman–Crippen MR) is 146 cm³/mol. The fourth-order valence-corrected chi connectivity index (χ4v) is 5.27. The Morgan fingerprint density at radius 1 is 1.00 bits per heavy atom. The van der Waals surface area contributed by atoms with Crippen molar-refractivity contribution in [2.24, 2.45) is 5.73 Å². The van der Waals surface area contributed by atoms with E-state index in [9.17, 15) is 14.4 Å². The van der Waals surface area contributed by atoms with Gasteiger partial charge in [0.1, 0.15) is 17.5 Å². The van der Waals surface area contributed by atoms with E-state index in [-0.39, 0.29) is 18.1 Å². The van der Waals surface area contributed by atoms with Crippen LogP contribution in [0.3, 0.4) is 0 Å². The molecule has 5 rings (SSSR count). The van der Waals surface area contributed by atoms with Crippen molar-refractivity contribution in [2.45, 2.75) is 18.4 Å². The van der Waals surface area contributed by atoms with Gasteiger partial charge >= 0.3 is 0 Å². The molecule has 11 heteroatoms. The summed E-state index contributed by atoms with van der Waals surface area (Å²) < 4.78 is 6.33. The molecule has 1 aliphatic heterocycles. The van der Waals surface area contributed by atoms with Crippen molar-refractivity contribution in [2.75, 3.05) is 11.4 Å². The molecule has 0 fully saturated rings. The second kappa shape index (κ2) is 11.1. The van der Waals surface area contributed by atoms with Crippen molar-refractivity contribution in [1.29, 1.82) is 0 Å². The van der Waals surface area contributed by atoms with E-state index < -0.39 is 29.7 Å². The lowest BCUT2D eigenvalue weighted by Crippen LogP contribution is -2.54. The van der Waals surface area contributed by atoms with Crippen LogP contribution in [0.4, 0.5) is 5.13 Å². The lowest BCUT2D eigenvalue weighted by molar-refractivity contribution is -0.131. The molecule has 38 heavy (non-hydrogen) atoms. The molecule has 9 nitrogen and oxygen atoms in total. The van der Waals surface area contributed by atoms with Crippen molar-refractivity contribution < 1.29 is 19.1 Å². The number of nitrogens with zero attached hydrogens (tertiary/aromatic N) is 2. The first kappa shape index (κ1) is 25.5. The number of carbonyl (C=O) groups is 3. The molecule has 3 aromatic carbocycles. The van der Waals surface area contributed by atoms with Crippen LogP contribution in [0.2, 0.25) is 0 Å². The summed E-state index contributed by atoms with van der Waals surface area (Å²) in [5.41, 5.74) is 7.56. The van der Waals surface area contributed by atoms with Crippen LogP contribution >= 0.6 is 23.6 Å². The van der Waals surface area contributed by atoms with Crippen molar-refractivity contribution in [3.63, 3.8) is 0 Å². The molecule has 0 saturated heterocycles. The Balaban J connectivity index is 1.60. The average molecular weight is 546 g/mol. The second-order valence-electron chi connectivity index (χ2n) is 8.53. The molecule has 1 aromatic heterocycles. The van der Waals surface area contributed by atoms with Crippen LogP contribution in [0.1, 0.15) is 22.6 Å². The predicted octanol–water partition coefficient (Wildman–Crippen LogP) is 3.68. The van der Waals surface area contributed by atoms with Crippen molar-refractivity contribution in [1.82, 2.24) is 15.5 Å². The number of H-pyrrole nitrogens is 1. The van der Waals surface area contributed by atoms with Crippen LogP contribution in [-0.4, -0.2) is 40.5 Å². The van der Waals surface area contributed by atoms with E-state index >= 15 is 0 Å². The van der Waals surface area contributed by atoms with Crippen LogP contribution in [0.15, 0.2) is 78.9 Å². The van der Waals surface area contributed by atoms with Gasteiger partial charge in [0.25, 0.3) is 5.91 Å². The number of carbonyl (C=O) groups excluding carboxylic acids is 3. The van der Waals surface area contributed by atoms with Gasteiger partial charge in [0.15, 0.2) is 3.95 Å². The second-order valence-corrected chi connectivity index (χ2v) is 10.2. The van der Waals surface area contributed by atoms with Crippen LogP contribution in [0, 0.1) is 3.95 Å². The number of benzene rings is 3. The number of hydrogen-bond donors (Lipinski definition) is 3. The fraction of sp³-hybridized carbons (Fsp3) is 0.148. The maximum Gasteiger partial charge on any atom is 0.258 e. The van der Waals surface area contributed by atoms with E-state index in [0.717, 1.165) is 21.8 Å². The van der Waals surface area contributed by atoms with Gasteiger partial charge in [-0.25, -0.2) is 4.90 Å². The Hall–Kier alpha value is -4.19. The molecule has 192 valence electrons. The van der Waals surface area contributed by atoms with Gasteiger partial charge in [-0.2, -0.15) is 0 Å². The Morgan fingerprint density at radius 2 is 1.61 bits per heavy atom. The van der Waals surface area contributed by atoms with Crippen molar-refractivity contribution in [3.05, 3.63) is 99.5 Å². The number of anilines is 1. The van der Waals surface area contributed by atoms with Gasteiger partial charge in [-0.3, -0.25) is 19.5 Å². The quantitative estimate of drug-likeness (QED) is 0.302. The molecule has 4 N–H and O–H groups in total. The molecule has 0 saturated carbocycles. The first-order valence-electron chi connectivity index (χ1n) is 11.8. The van der Waals surface area contributed by atoms with Gasteiger partial charge in [0.2, 0.25) is 16.9 Å². The first-order chi connectivity index (χ1) is 18.5. The third-order valence-electron chi connectivity index (χ3n) is 6.09. The van der Waals surface area contributed by atoms with Gasteiger partial charge in [-0.1, -0.05) is 78.1 Å². The number of hydrogen-bond acceptors (Lipinski definition) is 8. The molecule has 0 radical (unpaired) electrons. The van der Waals surface area contributed by atoms with Gasteiger partial charge in [-0.05, 0) is 29.9 Å². The third kappa shape index (κ3) is 5.12. The molecule has 4 aromatic rings. The number of rotatable bonds is 7. The summed E-state index contributed by atoms with van der Waals surface area (Å²) in [4.78, 5) is 41.9. The molecule has 1 aliphatic rings. The minimum atomic E-state index is -1.08. The number of imide groups is 1. The van der Waals surface area contributed by atoms with Crippen LogP contribution in [0.5, 0.6) is 11.5 Å². The summed E-state index contributed by atoms with van der Waals surface area (Å²) in [7, 11) is 0. The van der Waals surface area contributed by atoms with Crippen LogP contribution in [-0.2, 0) is 20.8 Å². The number of amides is 3. The van der Waals surface area contributed by atoms with E-state index in [0.29, 0.717) is 26.6 Å². The SMILES string of the molecule is NCC(=O)N[C@@H](Cc1ccccc1)C(=O)N(C(=O)C1c2ccccc2Oc2ccccc21)c1n[nH]c(=S)s1. The Bertz CT molecular complexity index is 1510. The van der Waals surface area contributed by atoms with E-state index in [1.54, 1.807) is 36.4 Å². The normalized spacial score (nSPS) is 13.0. The van der Waals surface area contributed by atoms with Crippen LogP contribution in [0.25, 0.3) is 0 Å². The highest BCUT2D eigenvalue weighted by molar-refractivity contribution is 7.73. The molecule has 1 atom stereocenters. The third-order valence-corrected chi connectivity index (χ3v) is 7.16. The monoisotopic (exact) mass is 545 g/mol. The Morgan fingerprint density at radius 3 is 2.18 bits per heavy atom. The smallest absolute Gasteiger partial charge is 0.258 e. The van der Waals surface area contributed by atoms with Crippen molar-refractivity contribution >= 4 is 46.4 Å². The molecular weight excluding hydrogens is 522 g/mol. The number of aromatic nitrogens is 2. The zero-order valence-corrected chi connectivity index (χ0v) is 21.6. The van der Waals surface area contributed by atoms with Gasteiger partial charge in [-0.15, -0.1) is 5.10 Å². The minimum Gasteiger partial charge on any atom is -0.457 e. The van der Waals surface area contributed by atoms with E-state index in [4.69, 9.17) is 22.7 Å². The minimum absolute atomic E-state index is 0.0755. The van der Waals surface area contributed by atoms with E-state index in [1.165, 1.54) is 0 Å². The highest BCUT2D eigenvalue weighted by atomic mass is 32.1. The summed E-state index contributed by atoms with van der Waals surface area (Å²) in [5, 5.41) is 9.56. The maximum absolute atomic E-state index is 14.4. The highest BCUT2D eigenvalue weighted by Crippen LogP contribution is 2.45. The van der Waals surface area contributed by atoms with Crippen molar-refractivity contribution in [3.8, 4) is 11.5 Å². The van der Waals surface area contributed by atoms with Gasteiger partial charge in [0, 0.05) is 17.5 Å². The summed E-state index contributed by atoms with van der Waals surface area (Å²) in [5.74, 6) is -1.55. The average Bonchev–Trinajstić information content (AvgIpc) is 3.37. The lowest BCUT2D eigenvalue weighted by Gasteiger charge is -2.31. The number of ether oxygens (including phenoxy) is 1. The number of para-hydroxylation sites is 2. The van der Waals surface area contributed by atoms with E-state index in [2.05, 4.69) is 15.5 Å². The molecule has 0 unspecified atom stereocenters. The molecule has 0 spiro atoms. The fourth-order valence-electron chi connectivity index (χ4n) is 4.38. The lowest BCUT2D eigenvalue weighted by atomic mass is 9.86. The summed E-state index contributed by atoms with van der Waals surface area (Å²) in [6, 6.07) is 22.5. The largest absolute Gasteiger partial charge is 0.457 e. The molecule has 3 amide bonds. The number of aromatic amines is 1.